The highest BCUT2D eigenvalue weighted by atomic mass is 32.1. The van der Waals surface area contributed by atoms with Crippen LogP contribution in [0.1, 0.15) is 10.4 Å². The zero-order valence-electron chi connectivity index (χ0n) is 15.6. The lowest BCUT2D eigenvalue weighted by Crippen LogP contribution is -2.11. The summed E-state index contributed by atoms with van der Waals surface area (Å²) < 4.78 is 8.46. The number of hydrogen-bond acceptors (Lipinski definition) is 4. The van der Waals surface area contributed by atoms with Crippen molar-refractivity contribution in [3.8, 4) is 17.0 Å². The fourth-order valence-electron chi connectivity index (χ4n) is 3.29. The average molecular weight is 399 g/mol. The van der Waals surface area contributed by atoms with Crippen LogP contribution < -0.4 is 10.1 Å². The van der Waals surface area contributed by atoms with Crippen LogP contribution in [0.2, 0.25) is 0 Å². The number of ether oxygens (including phenoxy) is 1. The minimum atomic E-state index is -0.165. The van der Waals surface area contributed by atoms with Crippen molar-refractivity contribution >= 4 is 38.1 Å². The number of methoxy groups -OCH3 is 1. The fourth-order valence-corrected chi connectivity index (χ4v) is 4.30. The van der Waals surface area contributed by atoms with Crippen LogP contribution in [-0.4, -0.2) is 22.4 Å². The normalized spacial score (nSPS) is 11.1. The summed E-state index contributed by atoms with van der Waals surface area (Å²) in [6.45, 7) is 0. The first-order chi connectivity index (χ1) is 14.2. The van der Waals surface area contributed by atoms with Crippen LogP contribution in [-0.2, 0) is 0 Å². The van der Waals surface area contributed by atoms with E-state index in [-0.39, 0.29) is 5.91 Å². The molecule has 2 aromatic heterocycles. The number of anilines is 1. The summed E-state index contributed by atoms with van der Waals surface area (Å²) in [6, 6.07) is 23.0. The van der Waals surface area contributed by atoms with Gasteiger partial charge in [0.15, 0.2) is 4.96 Å². The van der Waals surface area contributed by atoms with Crippen molar-refractivity contribution in [1.82, 2.24) is 9.38 Å². The molecule has 5 nitrogen and oxygen atoms in total. The Bertz CT molecular complexity index is 1340. The third-order valence-electron chi connectivity index (χ3n) is 4.77. The predicted octanol–water partition coefficient (Wildman–Crippen LogP) is 5.48. The lowest BCUT2D eigenvalue weighted by molar-refractivity contribution is 0.102. The predicted molar refractivity (Wildman–Crippen MR) is 117 cm³/mol. The molecular formula is C23H17N3O2S. The summed E-state index contributed by atoms with van der Waals surface area (Å²) >= 11 is 1.66. The van der Waals surface area contributed by atoms with Crippen LogP contribution in [0, 0.1) is 0 Å². The number of thiazole rings is 1. The van der Waals surface area contributed by atoms with Gasteiger partial charge in [-0.25, -0.2) is 4.98 Å². The number of benzene rings is 3. The van der Waals surface area contributed by atoms with Crippen molar-refractivity contribution in [2.45, 2.75) is 0 Å². The molecule has 0 atom stereocenters. The van der Waals surface area contributed by atoms with E-state index in [9.17, 15) is 4.79 Å². The molecule has 29 heavy (non-hydrogen) atoms. The number of para-hydroxylation sites is 1. The van der Waals surface area contributed by atoms with Crippen molar-refractivity contribution in [3.63, 3.8) is 0 Å². The molecule has 5 aromatic rings. The minimum Gasteiger partial charge on any atom is -0.497 e. The van der Waals surface area contributed by atoms with Gasteiger partial charge in [-0.05, 0) is 48.5 Å². The third-order valence-corrected chi connectivity index (χ3v) is 5.80. The molecule has 0 spiro atoms. The largest absolute Gasteiger partial charge is 0.497 e. The van der Waals surface area contributed by atoms with Crippen LogP contribution in [0.15, 0.2) is 79.0 Å². The van der Waals surface area contributed by atoms with Crippen molar-refractivity contribution in [3.05, 3.63) is 84.6 Å². The van der Waals surface area contributed by atoms with Gasteiger partial charge in [-0.3, -0.25) is 9.20 Å². The summed E-state index contributed by atoms with van der Waals surface area (Å²) in [7, 11) is 1.60. The molecule has 0 bridgehead atoms. The Kier molecular flexibility index (Phi) is 4.26. The van der Waals surface area contributed by atoms with Gasteiger partial charge in [-0.15, -0.1) is 0 Å². The highest BCUT2D eigenvalue weighted by Gasteiger charge is 2.11. The van der Waals surface area contributed by atoms with E-state index in [1.54, 1.807) is 42.7 Å². The summed E-state index contributed by atoms with van der Waals surface area (Å²) in [5, 5.41) is 2.95. The molecule has 1 N–H and O–H groups in total. The van der Waals surface area contributed by atoms with Gasteiger partial charge in [-0.2, -0.15) is 0 Å². The molecule has 5 rings (SSSR count). The second-order valence-corrected chi connectivity index (χ2v) is 7.62. The molecule has 142 valence electrons. The van der Waals surface area contributed by atoms with Crippen LogP contribution in [0.5, 0.6) is 5.75 Å². The minimum absolute atomic E-state index is 0.165. The smallest absolute Gasteiger partial charge is 0.255 e. The van der Waals surface area contributed by atoms with E-state index < -0.39 is 0 Å². The third kappa shape index (κ3) is 3.23. The Labute approximate surface area is 171 Å². The van der Waals surface area contributed by atoms with Crippen LogP contribution in [0.4, 0.5) is 5.69 Å². The molecule has 0 aliphatic heterocycles. The van der Waals surface area contributed by atoms with Crippen molar-refractivity contribution in [2.75, 3.05) is 12.4 Å². The maximum atomic E-state index is 12.5. The van der Waals surface area contributed by atoms with E-state index in [0.29, 0.717) is 5.56 Å². The van der Waals surface area contributed by atoms with Crippen LogP contribution in [0.3, 0.4) is 0 Å². The van der Waals surface area contributed by atoms with Crippen molar-refractivity contribution in [1.29, 1.82) is 0 Å². The van der Waals surface area contributed by atoms with E-state index in [0.717, 1.165) is 33.2 Å². The Balaban J connectivity index is 1.43. The summed E-state index contributed by atoms with van der Waals surface area (Å²) in [6.07, 6.45) is 2.04. The van der Waals surface area contributed by atoms with Crippen LogP contribution in [0.25, 0.3) is 26.4 Å². The topological polar surface area (TPSA) is 55.6 Å². The highest BCUT2D eigenvalue weighted by molar-refractivity contribution is 7.23. The zero-order chi connectivity index (χ0) is 19.8. The van der Waals surface area contributed by atoms with Gasteiger partial charge in [0, 0.05) is 23.0 Å². The monoisotopic (exact) mass is 399 g/mol. The molecule has 0 fully saturated rings. The van der Waals surface area contributed by atoms with Gasteiger partial charge < -0.3 is 10.1 Å². The Hall–Kier alpha value is -3.64. The SMILES string of the molecule is COc1ccc(C(=O)Nc2cccc(-c3cn4c(n3)sc3ccccc34)c2)cc1. The zero-order valence-corrected chi connectivity index (χ0v) is 16.4. The lowest BCUT2D eigenvalue weighted by atomic mass is 10.1. The van der Waals surface area contributed by atoms with Gasteiger partial charge in [0.2, 0.25) is 0 Å². The molecule has 0 saturated carbocycles. The molecule has 0 saturated heterocycles. The Morgan fingerprint density at radius 2 is 1.86 bits per heavy atom. The number of carbonyl (C=O) groups excluding carboxylic acids is 1. The first-order valence-corrected chi connectivity index (χ1v) is 9.95. The number of nitrogens with zero attached hydrogens (tertiary/aromatic N) is 2. The van der Waals surface area contributed by atoms with E-state index in [1.807, 2.05) is 42.6 Å². The average Bonchev–Trinajstić information content (AvgIpc) is 3.32. The highest BCUT2D eigenvalue weighted by Crippen LogP contribution is 2.30. The lowest BCUT2D eigenvalue weighted by Gasteiger charge is -2.07. The molecule has 0 aliphatic carbocycles. The van der Waals surface area contributed by atoms with Crippen molar-refractivity contribution in [2.24, 2.45) is 0 Å². The molecule has 6 heteroatoms. The molecule has 2 heterocycles. The molecule has 1 amide bonds. The summed E-state index contributed by atoms with van der Waals surface area (Å²) in [5.41, 5.74) is 4.28. The maximum Gasteiger partial charge on any atom is 0.255 e. The van der Waals surface area contributed by atoms with E-state index in [4.69, 9.17) is 9.72 Å². The number of fused-ring (bicyclic) bond motifs is 3. The molecule has 0 radical (unpaired) electrons. The van der Waals surface area contributed by atoms with Gasteiger partial charge in [0.05, 0.1) is 23.0 Å². The number of nitrogens with one attached hydrogen (secondary N) is 1. The van der Waals surface area contributed by atoms with Gasteiger partial charge >= 0.3 is 0 Å². The second-order valence-electron chi connectivity index (χ2n) is 6.61. The molecule has 0 aliphatic rings. The van der Waals surface area contributed by atoms with Gasteiger partial charge in [0.1, 0.15) is 5.75 Å². The number of imidazole rings is 1. The first kappa shape index (κ1) is 17.5. The van der Waals surface area contributed by atoms with Crippen molar-refractivity contribution < 1.29 is 9.53 Å². The maximum absolute atomic E-state index is 12.5. The summed E-state index contributed by atoms with van der Waals surface area (Å²) in [4.78, 5) is 18.3. The van der Waals surface area contributed by atoms with Crippen LogP contribution >= 0.6 is 11.3 Å². The number of carbonyl (C=O) groups is 1. The van der Waals surface area contributed by atoms with Gasteiger partial charge in [-0.1, -0.05) is 35.6 Å². The number of rotatable bonds is 4. The van der Waals surface area contributed by atoms with E-state index in [1.165, 1.54) is 4.70 Å². The summed E-state index contributed by atoms with van der Waals surface area (Å²) in [5.74, 6) is 0.553. The molecule has 3 aromatic carbocycles. The standard InChI is InChI=1S/C23H17N3O2S/c1-28-18-11-9-15(10-12-18)22(27)24-17-6-4-5-16(13-17)19-14-26-20-7-2-3-8-21(20)29-23(26)25-19/h2-14H,1H3,(H,24,27). The second kappa shape index (κ2) is 7.07. The fraction of sp³-hybridized carbons (Fsp3) is 0.0435. The first-order valence-electron chi connectivity index (χ1n) is 9.14. The number of hydrogen-bond donors (Lipinski definition) is 1. The molecule has 0 unspecified atom stereocenters. The quantitative estimate of drug-likeness (QED) is 0.436. The Morgan fingerprint density at radius 1 is 1.03 bits per heavy atom. The van der Waals surface area contributed by atoms with E-state index in [2.05, 4.69) is 21.9 Å². The number of aromatic nitrogens is 2. The Morgan fingerprint density at radius 3 is 2.69 bits per heavy atom. The van der Waals surface area contributed by atoms with E-state index >= 15 is 0 Å². The molecular weight excluding hydrogens is 382 g/mol. The number of amides is 1. The van der Waals surface area contributed by atoms with Gasteiger partial charge in [0.25, 0.3) is 5.91 Å².